The Balaban J connectivity index is 2.16. The molecule has 0 aliphatic carbocycles. The first-order valence-corrected chi connectivity index (χ1v) is 5.86. The van der Waals surface area contributed by atoms with Crippen molar-refractivity contribution in [2.24, 2.45) is 0 Å². The largest absolute Gasteiger partial charge is 0.468 e. The molecular formula is C11H7Cl2N3O3. The molecule has 0 fully saturated rings. The summed E-state index contributed by atoms with van der Waals surface area (Å²) in [7, 11) is 0. The summed E-state index contributed by atoms with van der Waals surface area (Å²) in [6.45, 7) is 0.116. The second-order valence-corrected chi connectivity index (χ2v) is 4.28. The van der Waals surface area contributed by atoms with E-state index >= 15 is 0 Å². The number of hydrogen-bond donors (Lipinski definition) is 0. The fourth-order valence-electron chi connectivity index (χ4n) is 1.30. The number of aromatic nitrogens is 2. The molecule has 0 N–H and O–H groups in total. The van der Waals surface area contributed by atoms with Gasteiger partial charge in [0, 0.05) is 5.02 Å². The molecule has 0 spiro atoms. The minimum atomic E-state index is -0.631. The van der Waals surface area contributed by atoms with Gasteiger partial charge in [0.1, 0.15) is 12.8 Å². The minimum Gasteiger partial charge on any atom is -0.468 e. The number of nitrogens with zero attached hydrogens (tertiary/aromatic N) is 3. The maximum absolute atomic E-state index is 10.8. The van der Waals surface area contributed by atoms with Gasteiger partial charge in [-0.25, -0.2) is 4.98 Å². The molecule has 19 heavy (non-hydrogen) atoms. The molecule has 2 aromatic rings. The molecule has 0 aliphatic heterocycles. The Kier molecular flexibility index (Phi) is 4.13. The average molecular weight is 300 g/mol. The van der Waals surface area contributed by atoms with Crippen LogP contribution in [0.15, 0.2) is 30.5 Å². The van der Waals surface area contributed by atoms with E-state index < -0.39 is 4.92 Å². The average Bonchev–Trinajstić information content (AvgIpc) is 2.38. The molecule has 0 amide bonds. The van der Waals surface area contributed by atoms with Crippen molar-refractivity contribution in [3.63, 3.8) is 0 Å². The first kappa shape index (κ1) is 13.5. The Labute approximate surface area is 118 Å². The van der Waals surface area contributed by atoms with Gasteiger partial charge < -0.3 is 4.74 Å². The fraction of sp³-hybridized carbons (Fsp3) is 0.0909. The molecule has 0 aliphatic rings. The lowest BCUT2D eigenvalue weighted by Crippen LogP contribution is -2.02. The number of nitro groups is 1. The predicted molar refractivity (Wildman–Crippen MR) is 69.5 cm³/mol. The zero-order valence-electron chi connectivity index (χ0n) is 9.42. The standard InChI is InChI=1S/C11H7Cl2N3O3/c12-8-3-1-7(2-4-8)6-19-10-9(16(17)18)5-14-11(13)15-10/h1-5H,6H2. The van der Waals surface area contributed by atoms with Crippen molar-refractivity contribution in [2.75, 3.05) is 0 Å². The topological polar surface area (TPSA) is 78.2 Å². The van der Waals surface area contributed by atoms with E-state index in [1.165, 1.54) is 0 Å². The summed E-state index contributed by atoms with van der Waals surface area (Å²) >= 11 is 11.3. The molecule has 6 nitrogen and oxygen atoms in total. The van der Waals surface area contributed by atoms with Gasteiger partial charge >= 0.3 is 5.69 Å². The molecule has 0 saturated heterocycles. The zero-order valence-corrected chi connectivity index (χ0v) is 10.9. The SMILES string of the molecule is O=[N+]([O-])c1cnc(Cl)nc1OCc1ccc(Cl)cc1. The molecule has 1 aromatic carbocycles. The molecule has 0 atom stereocenters. The maximum atomic E-state index is 10.8. The van der Waals surface area contributed by atoms with Crippen molar-refractivity contribution in [3.8, 4) is 5.88 Å². The zero-order chi connectivity index (χ0) is 13.8. The first-order chi connectivity index (χ1) is 9.06. The van der Waals surface area contributed by atoms with Crippen LogP contribution in [0.1, 0.15) is 5.56 Å². The third kappa shape index (κ3) is 3.52. The van der Waals surface area contributed by atoms with Crippen molar-refractivity contribution in [3.05, 3.63) is 56.4 Å². The smallest absolute Gasteiger partial charge is 0.349 e. The predicted octanol–water partition coefficient (Wildman–Crippen LogP) is 3.27. The molecule has 8 heteroatoms. The monoisotopic (exact) mass is 299 g/mol. The van der Waals surface area contributed by atoms with E-state index in [1.54, 1.807) is 24.3 Å². The fourth-order valence-corrected chi connectivity index (χ4v) is 1.55. The van der Waals surface area contributed by atoms with Gasteiger partial charge in [-0.3, -0.25) is 10.1 Å². The maximum Gasteiger partial charge on any atom is 0.349 e. The van der Waals surface area contributed by atoms with Crippen LogP contribution in [0.25, 0.3) is 0 Å². The van der Waals surface area contributed by atoms with E-state index in [-0.39, 0.29) is 23.5 Å². The van der Waals surface area contributed by atoms with Gasteiger partial charge in [0.15, 0.2) is 0 Å². The van der Waals surface area contributed by atoms with Gasteiger partial charge in [-0.05, 0) is 29.3 Å². The van der Waals surface area contributed by atoms with E-state index in [1.807, 2.05) is 0 Å². The van der Waals surface area contributed by atoms with E-state index in [4.69, 9.17) is 27.9 Å². The summed E-state index contributed by atoms with van der Waals surface area (Å²) < 4.78 is 5.28. The first-order valence-electron chi connectivity index (χ1n) is 5.10. The number of ether oxygens (including phenoxy) is 1. The van der Waals surface area contributed by atoms with Crippen LogP contribution in [-0.2, 0) is 6.61 Å². The summed E-state index contributed by atoms with van der Waals surface area (Å²) in [5.41, 5.74) is 0.465. The Morgan fingerprint density at radius 2 is 1.95 bits per heavy atom. The van der Waals surface area contributed by atoms with Gasteiger partial charge in [-0.15, -0.1) is 0 Å². The highest BCUT2D eigenvalue weighted by Gasteiger charge is 2.18. The van der Waals surface area contributed by atoms with Crippen molar-refractivity contribution in [2.45, 2.75) is 6.61 Å². The van der Waals surface area contributed by atoms with E-state index in [0.29, 0.717) is 5.02 Å². The number of benzene rings is 1. The third-order valence-corrected chi connectivity index (χ3v) is 2.63. The molecule has 98 valence electrons. The highest BCUT2D eigenvalue weighted by Crippen LogP contribution is 2.25. The van der Waals surface area contributed by atoms with E-state index in [9.17, 15) is 10.1 Å². The van der Waals surface area contributed by atoms with Gasteiger partial charge in [0.2, 0.25) is 5.28 Å². The van der Waals surface area contributed by atoms with Gasteiger partial charge in [0.05, 0.1) is 4.92 Å². The Morgan fingerprint density at radius 3 is 2.58 bits per heavy atom. The number of rotatable bonds is 4. The normalized spacial score (nSPS) is 10.2. The van der Waals surface area contributed by atoms with E-state index in [0.717, 1.165) is 11.8 Å². The highest BCUT2D eigenvalue weighted by atomic mass is 35.5. The molecular weight excluding hydrogens is 293 g/mol. The lowest BCUT2D eigenvalue weighted by molar-refractivity contribution is -0.386. The van der Waals surface area contributed by atoms with Crippen molar-refractivity contribution in [1.29, 1.82) is 0 Å². The van der Waals surface area contributed by atoms with Crippen LogP contribution < -0.4 is 4.74 Å². The highest BCUT2D eigenvalue weighted by molar-refractivity contribution is 6.30. The summed E-state index contributed by atoms with van der Waals surface area (Å²) in [4.78, 5) is 17.4. The Bertz CT molecular complexity index is 605. The molecule has 0 bridgehead atoms. The van der Waals surface area contributed by atoms with Crippen molar-refractivity contribution >= 4 is 28.9 Å². The molecule has 0 unspecified atom stereocenters. The quantitative estimate of drug-likeness (QED) is 0.492. The van der Waals surface area contributed by atoms with Gasteiger partial charge in [-0.2, -0.15) is 4.98 Å². The van der Waals surface area contributed by atoms with Crippen LogP contribution >= 0.6 is 23.2 Å². The number of halogens is 2. The lowest BCUT2D eigenvalue weighted by atomic mass is 10.2. The molecule has 0 radical (unpaired) electrons. The van der Waals surface area contributed by atoms with Crippen LogP contribution in [0.3, 0.4) is 0 Å². The second-order valence-electron chi connectivity index (χ2n) is 3.50. The van der Waals surface area contributed by atoms with E-state index in [2.05, 4.69) is 9.97 Å². The number of hydrogen-bond acceptors (Lipinski definition) is 5. The van der Waals surface area contributed by atoms with Crippen LogP contribution in [-0.4, -0.2) is 14.9 Å². The minimum absolute atomic E-state index is 0.114. The van der Waals surface area contributed by atoms with Crippen LogP contribution in [0, 0.1) is 10.1 Å². The summed E-state index contributed by atoms with van der Waals surface area (Å²) in [6.07, 6.45) is 1.01. The Morgan fingerprint density at radius 1 is 1.26 bits per heavy atom. The molecule has 2 rings (SSSR count). The molecule has 0 saturated carbocycles. The van der Waals surface area contributed by atoms with Gasteiger partial charge in [0.25, 0.3) is 5.88 Å². The van der Waals surface area contributed by atoms with Crippen molar-refractivity contribution in [1.82, 2.24) is 9.97 Å². The molecule has 1 heterocycles. The van der Waals surface area contributed by atoms with Crippen molar-refractivity contribution < 1.29 is 9.66 Å². The third-order valence-electron chi connectivity index (χ3n) is 2.19. The lowest BCUT2D eigenvalue weighted by Gasteiger charge is -2.05. The summed E-state index contributed by atoms with van der Waals surface area (Å²) in [6, 6.07) is 6.89. The van der Waals surface area contributed by atoms with Crippen LogP contribution in [0.5, 0.6) is 5.88 Å². The van der Waals surface area contributed by atoms with Gasteiger partial charge in [-0.1, -0.05) is 23.7 Å². The van der Waals surface area contributed by atoms with Crippen LogP contribution in [0.2, 0.25) is 10.3 Å². The Hall–Kier alpha value is -1.92. The second kappa shape index (κ2) is 5.81. The van der Waals surface area contributed by atoms with Crippen LogP contribution in [0.4, 0.5) is 5.69 Å². The summed E-state index contributed by atoms with van der Waals surface area (Å²) in [5.74, 6) is -0.167. The molecule has 1 aromatic heterocycles. The summed E-state index contributed by atoms with van der Waals surface area (Å²) in [5, 5.41) is 11.3.